The minimum atomic E-state index is -3.02. The predicted octanol–water partition coefficient (Wildman–Crippen LogP) is 5.47. The van der Waals surface area contributed by atoms with E-state index in [1.807, 2.05) is 0 Å². The zero-order valence-corrected chi connectivity index (χ0v) is 14.8. The van der Waals surface area contributed by atoms with E-state index in [1.54, 1.807) is 24.3 Å². The summed E-state index contributed by atoms with van der Waals surface area (Å²) in [5, 5.41) is 8.49. The molecule has 132 valence electrons. The Balaban J connectivity index is 1.79. The highest BCUT2D eigenvalue weighted by Crippen LogP contribution is 2.32. The van der Waals surface area contributed by atoms with E-state index < -0.39 is 5.92 Å². The molecule has 0 bridgehead atoms. The molecule has 9 heteroatoms. The molecule has 0 unspecified atom stereocenters. The first kappa shape index (κ1) is 16.9. The van der Waals surface area contributed by atoms with E-state index in [0.717, 1.165) is 6.92 Å². The van der Waals surface area contributed by atoms with Crippen molar-refractivity contribution in [2.24, 2.45) is 0 Å². The van der Waals surface area contributed by atoms with Crippen LogP contribution >= 0.6 is 23.2 Å². The maximum atomic E-state index is 13.6. The van der Waals surface area contributed by atoms with Gasteiger partial charge in [0.1, 0.15) is 5.69 Å². The van der Waals surface area contributed by atoms with E-state index in [4.69, 9.17) is 27.6 Å². The molecule has 0 aliphatic carbocycles. The van der Waals surface area contributed by atoms with Crippen molar-refractivity contribution in [3.05, 3.63) is 58.3 Å². The molecule has 0 spiro atoms. The second kappa shape index (κ2) is 6.03. The Labute approximate surface area is 156 Å². The molecule has 0 aliphatic rings. The van der Waals surface area contributed by atoms with Gasteiger partial charge < -0.3 is 8.82 Å². The highest BCUT2D eigenvalue weighted by molar-refractivity contribution is 6.33. The van der Waals surface area contributed by atoms with E-state index in [9.17, 15) is 8.78 Å². The van der Waals surface area contributed by atoms with Gasteiger partial charge in [0.05, 0.1) is 15.6 Å². The molecule has 5 nitrogen and oxygen atoms in total. The standard InChI is InChI=1S/C17H10Cl2F2N4O/c1-17(20,21)9-6-12(19)14-22-13(8-25(14)7-9)16-24-23-15(26-16)10-4-2-3-5-11(10)18/h2-8H,1H3. The van der Waals surface area contributed by atoms with Crippen LogP contribution in [0.1, 0.15) is 12.5 Å². The smallest absolute Gasteiger partial charge is 0.271 e. The number of aromatic nitrogens is 4. The number of benzene rings is 1. The third-order valence-electron chi connectivity index (χ3n) is 3.76. The Morgan fingerprint density at radius 3 is 2.50 bits per heavy atom. The number of hydrogen-bond acceptors (Lipinski definition) is 4. The molecule has 0 amide bonds. The lowest BCUT2D eigenvalue weighted by Gasteiger charge is -2.11. The van der Waals surface area contributed by atoms with Crippen molar-refractivity contribution in [1.82, 2.24) is 19.6 Å². The van der Waals surface area contributed by atoms with Gasteiger partial charge in [0, 0.05) is 24.9 Å². The molecule has 0 radical (unpaired) electrons. The zero-order chi connectivity index (χ0) is 18.5. The highest BCUT2D eigenvalue weighted by Gasteiger charge is 2.26. The van der Waals surface area contributed by atoms with Crippen molar-refractivity contribution in [3.63, 3.8) is 0 Å². The van der Waals surface area contributed by atoms with Crippen LogP contribution in [0.15, 0.2) is 47.1 Å². The first-order chi connectivity index (χ1) is 12.3. The number of halogens is 4. The van der Waals surface area contributed by atoms with Gasteiger partial charge in [-0.2, -0.15) is 0 Å². The molecule has 0 fully saturated rings. The van der Waals surface area contributed by atoms with Crippen LogP contribution in [0.25, 0.3) is 28.7 Å². The second-order valence-corrected chi connectivity index (χ2v) is 6.53. The number of fused-ring (bicyclic) bond motifs is 1. The minimum absolute atomic E-state index is 0.0983. The molecule has 0 aliphatic heterocycles. The largest absolute Gasteiger partial charge is 0.414 e. The monoisotopic (exact) mass is 394 g/mol. The molecule has 26 heavy (non-hydrogen) atoms. The molecular weight excluding hydrogens is 385 g/mol. The lowest BCUT2D eigenvalue weighted by Crippen LogP contribution is -2.08. The number of imidazole rings is 1. The van der Waals surface area contributed by atoms with Crippen LogP contribution in [0.3, 0.4) is 0 Å². The summed E-state index contributed by atoms with van der Waals surface area (Å²) in [6, 6.07) is 8.22. The molecule has 3 heterocycles. The normalized spacial score (nSPS) is 12.0. The van der Waals surface area contributed by atoms with Gasteiger partial charge in [-0.1, -0.05) is 35.3 Å². The molecule has 1 aromatic carbocycles. The summed E-state index contributed by atoms with van der Waals surface area (Å²) in [6.07, 6.45) is 2.77. The van der Waals surface area contributed by atoms with Crippen LogP contribution in [-0.2, 0) is 5.92 Å². The molecule has 3 aromatic heterocycles. The molecule has 0 saturated carbocycles. The summed E-state index contributed by atoms with van der Waals surface area (Å²) in [5.41, 5.74) is 0.991. The van der Waals surface area contributed by atoms with Crippen LogP contribution in [0.4, 0.5) is 8.78 Å². The average Bonchev–Trinajstić information content (AvgIpc) is 3.21. The van der Waals surface area contributed by atoms with Crippen molar-refractivity contribution in [1.29, 1.82) is 0 Å². The van der Waals surface area contributed by atoms with Gasteiger partial charge in [0.2, 0.25) is 5.89 Å². The summed E-state index contributed by atoms with van der Waals surface area (Å²) in [6.45, 7) is 0.802. The second-order valence-electron chi connectivity index (χ2n) is 5.71. The topological polar surface area (TPSA) is 56.2 Å². The van der Waals surface area contributed by atoms with Crippen LogP contribution in [-0.4, -0.2) is 19.6 Å². The van der Waals surface area contributed by atoms with Gasteiger partial charge in [-0.3, -0.25) is 0 Å². The van der Waals surface area contributed by atoms with E-state index in [2.05, 4.69) is 15.2 Å². The van der Waals surface area contributed by atoms with Gasteiger partial charge >= 0.3 is 0 Å². The van der Waals surface area contributed by atoms with Crippen molar-refractivity contribution >= 4 is 28.8 Å². The molecule has 0 atom stereocenters. The van der Waals surface area contributed by atoms with Gasteiger partial charge in [0.25, 0.3) is 11.8 Å². The van der Waals surface area contributed by atoms with Crippen molar-refractivity contribution < 1.29 is 13.2 Å². The van der Waals surface area contributed by atoms with Gasteiger partial charge in [-0.15, -0.1) is 10.2 Å². The SMILES string of the molecule is CC(F)(F)c1cc(Cl)c2nc(-c3nnc(-c4ccccc4Cl)o3)cn2c1. The summed E-state index contributed by atoms with van der Waals surface area (Å²) >= 11 is 12.2. The van der Waals surface area contributed by atoms with Crippen LogP contribution in [0.5, 0.6) is 0 Å². The fourth-order valence-electron chi connectivity index (χ4n) is 2.47. The van der Waals surface area contributed by atoms with Crippen molar-refractivity contribution in [2.45, 2.75) is 12.8 Å². The Hall–Kier alpha value is -2.51. The number of rotatable bonds is 3. The summed E-state index contributed by atoms with van der Waals surface area (Å²) < 4.78 is 34.2. The van der Waals surface area contributed by atoms with Crippen molar-refractivity contribution in [2.75, 3.05) is 0 Å². The predicted molar refractivity (Wildman–Crippen MR) is 93.5 cm³/mol. The lowest BCUT2D eigenvalue weighted by atomic mass is 10.2. The first-order valence-corrected chi connectivity index (χ1v) is 8.24. The molecule has 0 saturated heterocycles. The van der Waals surface area contributed by atoms with E-state index >= 15 is 0 Å². The third kappa shape index (κ3) is 2.93. The zero-order valence-electron chi connectivity index (χ0n) is 13.3. The Morgan fingerprint density at radius 2 is 1.77 bits per heavy atom. The minimum Gasteiger partial charge on any atom is -0.414 e. The van der Waals surface area contributed by atoms with Gasteiger partial charge in [-0.25, -0.2) is 13.8 Å². The highest BCUT2D eigenvalue weighted by atomic mass is 35.5. The number of nitrogens with zero attached hydrogens (tertiary/aromatic N) is 4. The van der Waals surface area contributed by atoms with Crippen LogP contribution in [0.2, 0.25) is 10.0 Å². The fraction of sp³-hybridized carbons (Fsp3) is 0.118. The van der Waals surface area contributed by atoms with E-state index in [0.29, 0.717) is 21.9 Å². The molecule has 4 rings (SSSR count). The maximum absolute atomic E-state index is 13.6. The third-order valence-corrected chi connectivity index (χ3v) is 4.37. The van der Waals surface area contributed by atoms with Gasteiger partial charge in [0.15, 0.2) is 5.65 Å². The van der Waals surface area contributed by atoms with Crippen molar-refractivity contribution in [3.8, 4) is 23.0 Å². The molecule has 0 N–H and O–H groups in total. The Bertz CT molecular complexity index is 1120. The Morgan fingerprint density at radius 1 is 1.04 bits per heavy atom. The first-order valence-electron chi connectivity index (χ1n) is 7.48. The summed E-state index contributed by atoms with van der Waals surface area (Å²) in [4.78, 5) is 4.29. The number of hydrogen-bond donors (Lipinski definition) is 0. The summed E-state index contributed by atoms with van der Waals surface area (Å²) in [5.74, 6) is -2.66. The Kier molecular flexibility index (Phi) is 3.93. The maximum Gasteiger partial charge on any atom is 0.271 e. The van der Waals surface area contributed by atoms with E-state index in [-0.39, 0.29) is 22.4 Å². The molecular formula is C17H10Cl2F2N4O. The van der Waals surface area contributed by atoms with E-state index in [1.165, 1.54) is 22.9 Å². The summed E-state index contributed by atoms with van der Waals surface area (Å²) in [7, 11) is 0. The van der Waals surface area contributed by atoms with Crippen LogP contribution < -0.4 is 0 Å². The van der Waals surface area contributed by atoms with Gasteiger partial charge in [-0.05, 0) is 18.2 Å². The molecule has 4 aromatic rings. The lowest BCUT2D eigenvalue weighted by molar-refractivity contribution is 0.0170. The average molecular weight is 395 g/mol. The number of pyridine rings is 1. The van der Waals surface area contributed by atoms with Crippen LogP contribution in [0, 0.1) is 0 Å². The fourth-order valence-corrected chi connectivity index (χ4v) is 2.94. The quantitative estimate of drug-likeness (QED) is 0.462. The number of alkyl halides is 2.